The lowest BCUT2D eigenvalue weighted by Crippen LogP contribution is -2.33. The molecule has 0 aliphatic heterocycles. The van der Waals surface area contributed by atoms with Gasteiger partial charge in [-0.3, -0.25) is 10.2 Å². The van der Waals surface area contributed by atoms with Gasteiger partial charge in [0.25, 0.3) is 0 Å². The molecule has 0 heterocycles. The van der Waals surface area contributed by atoms with Crippen LogP contribution in [0.15, 0.2) is 53.4 Å². The second-order valence-corrected chi connectivity index (χ2v) is 5.76. The largest absolute Gasteiger partial charge is 0.294 e. The molecule has 0 fully saturated rings. The highest BCUT2D eigenvalue weighted by Crippen LogP contribution is 2.24. The molecular weight excluding hydrogens is 287 g/mol. The van der Waals surface area contributed by atoms with Crippen LogP contribution in [0.3, 0.4) is 0 Å². The number of hydrogen-bond acceptors (Lipinski definition) is 3. The molecule has 3 nitrogen and oxygen atoms in total. The van der Waals surface area contributed by atoms with E-state index in [1.54, 1.807) is 23.9 Å². The van der Waals surface area contributed by atoms with Crippen molar-refractivity contribution in [3.05, 3.63) is 65.5 Å². The first-order chi connectivity index (χ1) is 10.1. The number of benzene rings is 2. The van der Waals surface area contributed by atoms with Crippen molar-refractivity contribution in [1.29, 1.82) is 0 Å². The van der Waals surface area contributed by atoms with Gasteiger partial charge in [-0.2, -0.15) is 0 Å². The molecule has 0 bridgehead atoms. The van der Waals surface area contributed by atoms with Crippen molar-refractivity contribution in [3.8, 4) is 0 Å². The molecule has 0 aromatic heterocycles. The van der Waals surface area contributed by atoms with Crippen LogP contribution in [0.4, 0.5) is 4.39 Å². The Hall–Kier alpha value is -1.85. The molecule has 2 aromatic carbocycles. The van der Waals surface area contributed by atoms with E-state index in [1.165, 1.54) is 12.1 Å². The summed E-state index contributed by atoms with van der Waals surface area (Å²) in [4.78, 5) is 12.5. The van der Waals surface area contributed by atoms with Gasteiger partial charge in [-0.25, -0.2) is 10.2 Å². The van der Waals surface area contributed by atoms with E-state index in [-0.39, 0.29) is 17.6 Å². The van der Waals surface area contributed by atoms with Gasteiger partial charge in [0.2, 0.25) is 5.91 Å². The van der Waals surface area contributed by atoms with E-state index in [4.69, 9.17) is 5.84 Å². The minimum Gasteiger partial charge on any atom is -0.294 e. The summed E-state index contributed by atoms with van der Waals surface area (Å²) in [6, 6.07) is 14.3. The van der Waals surface area contributed by atoms with Gasteiger partial charge in [0.1, 0.15) is 5.82 Å². The molecule has 0 aliphatic rings. The first kappa shape index (κ1) is 15.5. The molecule has 2 rings (SSSR count). The summed E-state index contributed by atoms with van der Waals surface area (Å²) in [5, 5.41) is 0. The average Bonchev–Trinajstić information content (AvgIpc) is 2.53. The molecule has 0 radical (unpaired) electrons. The molecule has 1 unspecified atom stereocenters. The summed E-state index contributed by atoms with van der Waals surface area (Å²) in [5.41, 5.74) is 4.23. The third kappa shape index (κ3) is 4.31. The summed E-state index contributed by atoms with van der Waals surface area (Å²) in [6.45, 7) is 1.81. The van der Waals surface area contributed by atoms with Gasteiger partial charge in [0, 0.05) is 10.6 Å². The van der Waals surface area contributed by atoms with E-state index in [0.717, 1.165) is 21.8 Å². The smallest absolute Gasteiger partial charge is 0.241 e. The maximum Gasteiger partial charge on any atom is 0.241 e. The normalized spacial score (nSPS) is 12.0. The third-order valence-corrected chi connectivity index (χ3v) is 4.32. The maximum absolute atomic E-state index is 12.8. The van der Waals surface area contributed by atoms with Crippen LogP contribution in [0.25, 0.3) is 0 Å². The van der Waals surface area contributed by atoms with Gasteiger partial charge in [-0.1, -0.05) is 24.3 Å². The lowest BCUT2D eigenvalue weighted by molar-refractivity contribution is -0.122. The summed E-state index contributed by atoms with van der Waals surface area (Å²) in [7, 11) is 0. The second kappa shape index (κ2) is 7.24. The molecule has 5 heteroatoms. The van der Waals surface area contributed by atoms with E-state index in [1.807, 2.05) is 31.2 Å². The van der Waals surface area contributed by atoms with Gasteiger partial charge in [-0.15, -0.1) is 11.8 Å². The number of hydrazine groups is 1. The van der Waals surface area contributed by atoms with Gasteiger partial charge in [0.15, 0.2) is 0 Å². The molecule has 1 amide bonds. The molecule has 0 spiro atoms. The Balaban J connectivity index is 1.96. The molecule has 0 aliphatic carbocycles. The standard InChI is InChI=1S/C16H17FN2OS/c1-11(16(20)19-18)13-4-2-12(3-5-13)10-21-15-8-6-14(17)7-9-15/h2-9,11H,10,18H2,1H3,(H,19,20). The first-order valence-electron chi connectivity index (χ1n) is 6.58. The predicted octanol–water partition coefficient (Wildman–Crippen LogP) is 3.21. The fourth-order valence-electron chi connectivity index (χ4n) is 1.88. The zero-order chi connectivity index (χ0) is 15.2. The Morgan fingerprint density at radius 1 is 1.19 bits per heavy atom. The van der Waals surface area contributed by atoms with E-state index in [0.29, 0.717) is 0 Å². The molecule has 3 N–H and O–H groups in total. The van der Waals surface area contributed by atoms with Crippen LogP contribution in [0, 0.1) is 5.82 Å². The highest BCUT2D eigenvalue weighted by Gasteiger charge is 2.13. The Kier molecular flexibility index (Phi) is 5.36. The van der Waals surface area contributed by atoms with Crippen LogP contribution in [-0.4, -0.2) is 5.91 Å². The van der Waals surface area contributed by atoms with Crippen molar-refractivity contribution >= 4 is 17.7 Å². The second-order valence-electron chi connectivity index (χ2n) is 4.71. The quantitative estimate of drug-likeness (QED) is 0.386. The Bertz CT molecular complexity index is 599. The molecular formula is C16H17FN2OS. The lowest BCUT2D eigenvalue weighted by Gasteiger charge is -2.10. The monoisotopic (exact) mass is 304 g/mol. The van der Waals surface area contributed by atoms with Crippen LogP contribution < -0.4 is 11.3 Å². The van der Waals surface area contributed by atoms with Crippen LogP contribution in [0.5, 0.6) is 0 Å². The minimum atomic E-state index is -0.270. The first-order valence-corrected chi connectivity index (χ1v) is 7.56. The fourth-order valence-corrected chi connectivity index (χ4v) is 2.73. The molecule has 110 valence electrons. The van der Waals surface area contributed by atoms with Gasteiger partial charge in [-0.05, 0) is 42.3 Å². The SMILES string of the molecule is CC(C(=O)NN)c1ccc(CSc2ccc(F)cc2)cc1. The molecule has 21 heavy (non-hydrogen) atoms. The molecule has 1 atom stereocenters. The van der Waals surface area contributed by atoms with Crippen molar-refractivity contribution in [1.82, 2.24) is 5.43 Å². The van der Waals surface area contributed by atoms with Crippen molar-refractivity contribution in [3.63, 3.8) is 0 Å². The zero-order valence-electron chi connectivity index (χ0n) is 11.7. The topological polar surface area (TPSA) is 55.1 Å². The highest BCUT2D eigenvalue weighted by atomic mass is 32.2. The van der Waals surface area contributed by atoms with E-state index in [2.05, 4.69) is 5.43 Å². The van der Waals surface area contributed by atoms with Crippen LogP contribution in [0.1, 0.15) is 24.0 Å². The molecule has 0 saturated heterocycles. The number of carbonyl (C=O) groups is 1. The van der Waals surface area contributed by atoms with Crippen molar-refractivity contribution < 1.29 is 9.18 Å². The summed E-state index contributed by atoms with van der Waals surface area (Å²) >= 11 is 1.64. The van der Waals surface area contributed by atoms with Crippen LogP contribution >= 0.6 is 11.8 Å². The van der Waals surface area contributed by atoms with E-state index >= 15 is 0 Å². The maximum atomic E-state index is 12.8. The summed E-state index contributed by atoms with van der Waals surface area (Å²) in [6.07, 6.45) is 0. The van der Waals surface area contributed by atoms with E-state index < -0.39 is 0 Å². The number of nitrogens with two attached hydrogens (primary N) is 1. The molecule has 2 aromatic rings. The Labute approximate surface area is 127 Å². The van der Waals surface area contributed by atoms with Gasteiger partial charge in [0.05, 0.1) is 5.92 Å². The van der Waals surface area contributed by atoms with Crippen molar-refractivity contribution in [2.45, 2.75) is 23.5 Å². The van der Waals surface area contributed by atoms with Gasteiger partial charge < -0.3 is 0 Å². The predicted molar refractivity (Wildman–Crippen MR) is 83.1 cm³/mol. The summed E-state index contributed by atoms with van der Waals surface area (Å²) < 4.78 is 12.8. The average molecular weight is 304 g/mol. The van der Waals surface area contributed by atoms with Crippen molar-refractivity contribution in [2.24, 2.45) is 5.84 Å². The zero-order valence-corrected chi connectivity index (χ0v) is 12.5. The Morgan fingerprint density at radius 2 is 1.81 bits per heavy atom. The number of halogens is 1. The fraction of sp³-hybridized carbons (Fsp3) is 0.188. The van der Waals surface area contributed by atoms with Gasteiger partial charge >= 0.3 is 0 Å². The third-order valence-electron chi connectivity index (χ3n) is 3.23. The van der Waals surface area contributed by atoms with Crippen LogP contribution in [-0.2, 0) is 10.5 Å². The van der Waals surface area contributed by atoms with Crippen LogP contribution in [0.2, 0.25) is 0 Å². The minimum absolute atomic E-state index is 0.205. The van der Waals surface area contributed by atoms with E-state index in [9.17, 15) is 9.18 Å². The number of nitrogens with one attached hydrogen (secondary N) is 1. The summed E-state index contributed by atoms with van der Waals surface area (Å²) in [5.74, 6) is 5.23. The number of rotatable bonds is 5. The number of thioether (sulfide) groups is 1. The Morgan fingerprint density at radius 3 is 2.38 bits per heavy atom. The number of hydrogen-bond donors (Lipinski definition) is 2. The lowest BCUT2D eigenvalue weighted by atomic mass is 9.99. The molecule has 0 saturated carbocycles. The number of carbonyl (C=O) groups excluding carboxylic acids is 1. The van der Waals surface area contributed by atoms with Crippen molar-refractivity contribution in [2.75, 3.05) is 0 Å². The number of amides is 1. The highest BCUT2D eigenvalue weighted by molar-refractivity contribution is 7.98.